The van der Waals surface area contributed by atoms with E-state index in [9.17, 15) is 14.9 Å². The number of hydrogen-bond acceptors (Lipinski definition) is 4. The molecule has 1 N–H and O–H groups in total. The largest absolute Gasteiger partial charge is 0.481 e. The van der Waals surface area contributed by atoms with Crippen molar-refractivity contribution in [1.29, 1.82) is 0 Å². The number of anilines is 1. The molecule has 0 bridgehead atoms. The van der Waals surface area contributed by atoms with E-state index < -0.39 is 10.9 Å². The fraction of sp³-hybridized carbons (Fsp3) is 0.300. The van der Waals surface area contributed by atoms with Gasteiger partial charge in [0.25, 0.3) is 5.69 Å². The maximum Gasteiger partial charge on any atom is 0.305 e. The van der Waals surface area contributed by atoms with Crippen molar-refractivity contribution in [2.45, 2.75) is 6.42 Å². The number of benzene rings is 1. The van der Waals surface area contributed by atoms with Crippen molar-refractivity contribution in [2.24, 2.45) is 0 Å². The Morgan fingerprint density at radius 1 is 1.59 bits per heavy atom. The van der Waals surface area contributed by atoms with E-state index in [-0.39, 0.29) is 23.7 Å². The van der Waals surface area contributed by atoms with E-state index in [1.165, 1.54) is 23.1 Å². The topological polar surface area (TPSA) is 83.7 Å². The number of aliphatic carboxylic acids is 1. The van der Waals surface area contributed by atoms with Crippen LogP contribution in [0.5, 0.6) is 0 Å². The molecule has 0 unspecified atom stereocenters. The van der Waals surface area contributed by atoms with Crippen LogP contribution < -0.4 is 4.90 Å². The molecule has 0 atom stereocenters. The Balaban J connectivity index is 2.96. The second-order valence-electron chi connectivity index (χ2n) is 3.46. The van der Waals surface area contributed by atoms with Crippen molar-refractivity contribution in [1.82, 2.24) is 0 Å². The van der Waals surface area contributed by atoms with Crippen LogP contribution in [0.4, 0.5) is 11.4 Å². The average molecular weight is 259 g/mol. The van der Waals surface area contributed by atoms with Gasteiger partial charge in [0.05, 0.1) is 11.3 Å². The average Bonchev–Trinajstić information content (AvgIpc) is 2.25. The maximum absolute atomic E-state index is 10.8. The molecule has 17 heavy (non-hydrogen) atoms. The summed E-state index contributed by atoms with van der Waals surface area (Å²) < 4.78 is 0. The highest BCUT2D eigenvalue weighted by atomic mass is 35.5. The van der Waals surface area contributed by atoms with Crippen LogP contribution in [0.2, 0.25) is 5.02 Å². The van der Waals surface area contributed by atoms with Gasteiger partial charge < -0.3 is 10.0 Å². The third-order valence-corrected chi connectivity index (χ3v) is 2.44. The minimum atomic E-state index is -0.950. The molecule has 7 heteroatoms. The molecule has 0 aromatic heterocycles. The fourth-order valence-corrected chi connectivity index (χ4v) is 1.52. The van der Waals surface area contributed by atoms with E-state index in [0.29, 0.717) is 5.69 Å². The second kappa shape index (κ2) is 5.49. The third kappa shape index (κ3) is 3.60. The first-order valence-electron chi connectivity index (χ1n) is 4.78. The lowest BCUT2D eigenvalue weighted by Crippen LogP contribution is -2.21. The Hall–Kier alpha value is -1.82. The van der Waals surface area contributed by atoms with E-state index in [2.05, 4.69) is 0 Å². The molecule has 0 saturated carbocycles. The standard InChI is InChI=1S/C10H11ClN2O4/c1-12(5-4-10(14)15)8-3-2-7(11)6-9(8)13(16)17/h2-3,6H,4-5H2,1H3,(H,14,15). The molecule has 0 saturated heterocycles. The smallest absolute Gasteiger partial charge is 0.305 e. The van der Waals surface area contributed by atoms with Crippen LogP contribution in [0.25, 0.3) is 0 Å². The lowest BCUT2D eigenvalue weighted by atomic mass is 10.2. The van der Waals surface area contributed by atoms with E-state index in [1.54, 1.807) is 7.05 Å². The van der Waals surface area contributed by atoms with Crippen molar-refractivity contribution in [3.8, 4) is 0 Å². The summed E-state index contributed by atoms with van der Waals surface area (Å²) in [6.45, 7) is 0.192. The SMILES string of the molecule is CN(CCC(=O)O)c1ccc(Cl)cc1[N+](=O)[O-]. The van der Waals surface area contributed by atoms with Gasteiger partial charge in [0.15, 0.2) is 0 Å². The number of halogens is 1. The molecule has 1 aromatic carbocycles. The van der Waals surface area contributed by atoms with Gasteiger partial charge >= 0.3 is 5.97 Å². The number of rotatable bonds is 5. The van der Waals surface area contributed by atoms with Crippen LogP contribution in [0.1, 0.15) is 6.42 Å². The molecule has 1 rings (SSSR count). The monoisotopic (exact) mass is 258 g/mol. The number of carboxylic acid groups (broad SMARTS) is 1. The molecule has 0 heterocycles. The summed E-state index contributed by atoms with van der Waals surface area (Å²) in [4.78, 5) is 22.2. The summed E-state index contributed by atoms with van der Waals surface area (Å²) in [5, 5.41) is 19.6. The van der Waals surface area contributed by atoms with Gasteiger partial charge in [0.1, 0.15) is 5.69 Å². The van der Waals surface area contributed by atoms with Crippen LogP contribution in [0.15, 0.2) is 18.2 Å². The highest BCUT2D eigenvalue weighted by molar-refractivity contribution is 6.30. The molecule has 92 valence electrons. The number of nitro benzene ring substituents is 1. The third-order valence-electron chi connectivity index (χ3n) is 2.21. The molecule has 0 spiro atoms. The van der Waals surface area contributed by atoms with E-state index in [1.807, 2.05) is 0 Å². The predicted molar refractivity (Wildman–Crippen MR) is 63.6 cm³/mol. The molecule has 6 nitrogen and oxygen atoms in total. The second-order valence-corrected chi connectivity index (χ2v) is 3.89. The number of carboxylic acids is 1. The number of carbonyl (C=O) groups is 1. The number of nitro groups is 1. The van der Waals surface area contributed by atoms with Crippen molar-refractivity contribution in [3.05, 3.63) is 33.3 Å². The zero-order chi connectivity index (χ0) is 13.0. The van der Waals surface area contributed by atoms with Gasteiger partial charge in [-0.05, 0) is 12.1 Å². The zero-order valence-electron chi connectivity index (χ0n) is 9.09. The molecular weight excluding hydrogens is 248 g/mol. The van der Waals surface area contributed by atoms with Crippen LogP contribution in [-0.2, 0) is 4.79 Å². The Morgan fingerprint density at radius 3 is 2.76 bits per heavy atom. The van der Waals surface area contributed by atoms with Gasteiger partial charge in [0, 0.05) is 24.7 Å². The molecule has 1 aromatic rings. The van der Waals surface area contributed by atoms with Crippen molar-refractivity contribution in [2.75, 3.05) is 18.5 Å². The minimum absolute atomic E-state index is 0.0870. The quantitative estimate of drug-likeness (QED) is 0.646. The molecule has 0 aliphatic carbocycles. The van der Waals surface area contributed by atoms with Crippen LogP contribution >= 0.6 is 11.6 Å². The summed E-state index contributed by atoms with van der Waals surface area (Å²) in [6.07, 6.45) is -0.0870. The number of nitrogens with zero attached hydrogens (tertiary/aromatic N) is 2. The van der Waals surface area contributed by atoms with Crippen LogP contribution in [0.3, 0.4) is 0 Å². The Morgan fingerprint density at radius 2 is 2.24 bits per heavy atom. The lowest BCUT2D eigenvalue weighted by molar-refractivity contribution is -0.384. The summed E-state index contributed by atoms with van der Waals surface area (Å²) in [5.41, 5.74) is 0.214. The molecular formula is C10H11ClN2O4. The van der Waals surface area contributed by atoms with Crippen molar-refractivity contribution < 1.29 is 14.8 Å². The highest BCUT2D eigenvalue weighted by Crippen LogP contribution is 2.30. The fourth-order valence-electron chi connectivity index (χ4n) is 1.35. The Labute approximate surface area is 103 Å². The molecule has 0 amide bonds. The minimum Gasteiger partial charge on any atom is -0.481 e. The lowest BCUT2D eigenvalue weighted by Gasteiger charge is -2.18. The van der Waals surface area contributed by atoms with Gasteiger partial charge in [-0.15, -0.1) is 0 Å². The van der Waals surface area contributed by atoms with Gasteiger partial charge in [-0.3, -0.25) is 14.9 Å². The van der Waals surface area contributed by atoms with E-state index in [0.717, 1.165) is 0 Å². The van der Waals surface area contributed by atoms with Crippen molar-refractivity contribution in [3.63, 3.8) is 0 Å². The molecule has 0 fully saturated rings. The van der Waals surface area contributed by atoms with Gasteiger partial charge in [-0.1, -0.05) is 11.6 Å². The van der Waals surface area contributed by atoms with Gasteiger partial charge in [0.2, 0.25) is 0 Å². The first-order chi connectivity index (χ1) is 7.91. The first kappa shape index (κ1) is 13.2. The summed E-state index contributed by atoms with van der Waals surface area (Å²) in [7, 11) is 1.60. The van der Waals surface area contributed by atoms with Crippen LogP contribution in [-0.4, -0.2) is 29.6 Å². The zero-order valence-corrected chi connectivity index (χ0v) is 9.85. The maximum atomic E-state index is 10.8. The van der Waals surface area contributed by atoms with Crippen LogP contribution in [0, 0.1) is 10.1 Å². The predicted octanol–water partition coefficient (Wildman–Crippen LogP) is 2.16. The van der Waals surface area contributed by atoms with E-state index in [4.69, 9.17) is 16.7 Å². The highest BCUT2D eigenvalue weighted by Gasteiger charge is 2.17. The van der Waals surface area contributed by atoms with Gasteiger partial charge in [-0.25, -0.2) is 0 Å². The molecule has 0 radical (unpaired) electrons. The van der Waals surface area contributed by atoms with Gasteiger partial charge in [-0.2, -0.15) is 0 Å². The number of hydrogen-bond donors (Lipinski definition) is 1. The van der Waals surface area contributed by atoms with E-state index >= 15 is 0 Å². The summed E-state index contributed by atoms with van der Waals surface area (Å²) in [5.74, 6) is -0.950. The normalized spacial score (nSPS) is 10.0. The Kier molecular flexibility index (Phi) is 4.28. The molecule has 0 aliphatic rings. The summed E-state index contributed by atoms with van der Waals surface area (Å²) >= 11 is 5.68. The summed E-state index contributed by atoms with van der Waals surface area (Å²) in [6, 6.07) is 4.28. The first-order valence-corrected chi connectivity index (χ1v) is 5.16. The molecule has 0 aliphatic heterocycles. The van der Waals surface area contributed by atoms with Crippen molar-refractivity contribution >= 4 is 28.9 Å². The Bertz CT molecular complexity index is 450.